The topological polar surface area (TPSA) is 259 Å². The molecule has 0 amide bonds. The first-order valence-electron chi connectivity index (χ1n) is 8.46. The average Bonchev–Trinajstić information content (AvgIpc) is 3.54. The van der Waals surface area contributed by atoms with Gasteiger partial charge in [0.1, 0.15) is 0 Å². The van der Waals surface area contributed by atoms with Gasteiger partial charge in [-0.1, -0.05) is 26.1 Å². The maximum absolute atomic E-state index is 10.6. The predicted octanol–water partition coefficient (Wildman–Crippen LogP) is -1.66. The van der Waals surface area contributed by atoms with Crippen molar-refractivity contribution in [2.75, 3.05) is 42.7 Å². The van der Waals surface area contributed by atoms with Crippen molar-refractivity contribution >= 4 is 50.3 Å². The van der Waals surface area contributed by atoms with Gasteiger partial charge in [0.15, 0.2) is 0 Å². The van der Waals surface area contributed by atoms with E-state index in [0.29, 0.717) is 11.9 Å². The summed E-state index contributed by atoms with van der Waals surface area (Å²) in [6.45, 7) is 7.57. The zero-order valence-corrected chi connectivity index (χ0v) is 31.8. The Morgan fingerprint density at radius 3 is 1.43 bits per heavy atom. The Balaban J connectivity index is -0.0000000358. The molecular weight excluding hydrogens is 795 g/mol. The van der Waals surface area contributed by atoms with Crippen LogP contribution in [0.3, 0.4) is 0 Å². The second-order valence-electron chi connectivity index (χ2n) is 3.78. The molecule has 0 spiro atoms. The largest absolute Gasteiger partial charge is 0.697 e. The number of carbonyl (C=O) groups is 3. The van der Waals surface area contributed by atoms with Gasteiger partial charge in [-0.2, -0.15) is 10.9 Å². The van der Waals surface area contributed by atoms with E-state index in [1.807, 2.05) is 4.79 Å². The van der Waals surface area contributed by atoms with Crippen molar-refractivity contribution in [3.8, 4) is 18.8 Å². The first kappa shape index (κ1) is 67.1. The van der Waals surface area contributed by atoms with Crippen molar-refractivity contribution in [3.05, 3.63) is 35.4 Å². The molecule has 0 aliphatic carbocycles. The predicted molar refractivity (Wildman–Crippen MR) is 127 cm³/mol. The third kappa shape index (κ3) is 98.9. The summed E-state index contributed by atoms with van der Waals surface area (Å²) in [6.07, 6.45) is 16.7. The van der Waals surface area contributed by atoms with E-state index in [1.54, 1.807) is 5.92 Å². The number of carbonyl (C=O) groups excluding carboxylic acids is 6. The van der Waals surface area contributed by atoms with Crippen molar-refractivity contribution in [2.24, 2.45) is 0 Å². The molecule has 21 heteroatoms. The Hall–Kier alpha value is -2.78. The van der Waals surface area contributed by atoms with Crippen LogP contribution in [0.4, 0.5) is 0 Å². The number of methoxy groups -OCH3 is 6. The third-order valence-corrected chi connectivity index (χ3v) is 1.77. The quantitative estimate of drug-likeness (QED) is 0.0511. The first-order valence-corrected chi connectivity index (χ1v) is 8.46. The molecule has 0 bridgehead atoms. The van der Waals surface area contributed by atoms with Crippen LogP contribution in [0.25, 0.3) is 11.1 Å². The molecule has 42 heavy (non-hydrogen) atoms. The Kier molecular flexibility index (Phi) is 123. The number of nitrogens with zero attached hydrogens (tertiary/aromatic N) is 5. The van der Waals surface area contributed by atoms with Crippen LogP contribution < -0.4 is 0 Å². The standard InChI is InChI=1S/C5H5N2O2.C4H4O2.C3H4N2O2.3C2H3O2.C2H.CHN2.3Y/c1-9-5(8)4-2-3-6-7-4;1-3-4(5)6-2;1-7-3(6)2-5-4;3*1-4-2-3;1-2;1-3-2;;;/h2H,1H3,(H,6,7);1H,2H3;2H,1H3;3*1H3;1H;1H;;;/q-1;;;5*-1;;;. The molecule has 0 unspecified atom stereocenters. The fraction of sp³-hybridized carbons (Fsp3) is 0.286. The Morgan fingerprint density at radius 1 is 0.952 bits per heavy atom. The smallest absolute Gasteiger partial charge is 0.413 e. The van der Waals surface area contributed by atoms with Gasteiger partial charge in [-0.25, -0.2) is 9.59 Å². The second-order valence-corrected chi connectivity index (χ2v) is 3.78. The van der Waals surface area contributed by atoms with Crippen LogP contribution in [0.15, 0.2) is 6.07 Å². The van der Waals surface area contributed by atoms with Gasteiger partial charge in [0, 0.05) is 125 Å². The molecule has 0 fully saturated rings. The minimum atomic E-state index is -0.664. The minimum absolute atomic E-state index is 0. The molecule has 1 N–H and O–H groups in total. The molecular formula is C21H24N6O12Y3-6. The number of esters is 3. The molecule has 1 rings (SSSR count). The SMILES string of the molecule is C#CC(=O)OC.COC(=O)C=[N+]=[N-].COC(=O)c1c[c-]n[nH]1.CO[C-]=O.CO[C-]=O.CO[C-]=O.[C-]#C.[CH-]=[N+]=[N-].[Y].[Y].[Y]. The van der Waals surface area contributed by atoms with Crippen molar-refractivity contribution < 1.29 is 165 Å². The molecule has 0 aliphatic heterocycles. The molecule has 225 valence electrons. The molecule has 1 aromatic rings. The number of nitrogens with one attached hydrogen (secondary N) is 1. The van der Waals surface area contributed by atoms with Crippen LogP contribution in [0, 0.1) is 31.4 Å². The summed E-state index contributed by atoms with van der Waals surface area (Å²) in [5, 5.41) is 5.85. The number of terminal acetylenes is 2. The molecule has 0 aromatic carbocycles. The monoisotopic (exact) mass is 819 g/mol. The molecule has 1 aromatic heterocycles. The molecule has 3 radical (unpaired) electrons. The summed E-state index contributed by atoms with van der Waals surface area (Å²) >= 11 is 0. The zero-order valence-electron chi connectivity index (χ0n) is 23.3. The molecule has 0 aliphatic rings. The van der Waals surface area contributed by atoms with Gasteiger partial charge in [0.25, 0.3) is 5.97 Å². The zero-order chi connectivity index (χ0) is 32.3. The number of rotatable bonds is 5. The molecule has 0 saturated carbocycles. The molecule has 18 nitrogen and oxygen atoms in total. The van der Waals surface area contributed by atoms with Crippen LogP contribution in [0.2, 0.25) is 0 Å². The van der Waals surface area contributed by atoms with Gasteiger partial charge < -0.3 is 81.7 Å². The van der Waals surface area contributed by atoms with E-state index in [-0.39, 0.29) is 98.1 Å². The summed E-state index contributed by atoms with van der Waals surface area (Å²) in [7, 11) is 7.52. The molecule has 1 heterocycles. The van der Waals surface area contributed by atoms with Gasteiger partial charge in [-0.05, 0) is 5.69 Å². The van der Waals surface area contributed by atoms with Crippen molar-refractivity contribution in [3.63, 3.8) is 0 Å². The summed E-state index contributed by atoms with van der Waals surface area (Å²) in [6, 6.07) is 1.42. The number of aromatic nitrogens is 2. The summed E-state index contributed by atoms with van der Waals surface area (Å²) in [5.74, 6) is 0.0324. The summed E-state index contributed by atoms with van der Waals surface area (Å²) < 4.78 is 23.6. The average molecular weight is 819 g/mol. The fourth-order valence-corrected chi connectivity index (χ4v) is 0.595. The molecule has 0 saturated heterocycles. The van der Waals surface area contributed by atoms with E-state index in [9.17, 15) is 14.4 Å². The van der Waals surface area contributed by atoms with Crippen molar-refractivity contribution in [2.45, 2.75) is 0 Å². The number of hydrogen-bond acceptors (Lipinski definition) is 13. The number of aromatic amines is 1. The van der Waals surface area contributed by atoms with E-state index in [1.165, 1.54) is 68.1 Å². The van der Waals surface area contributed by atoms with E-state index >= 15 is 0 Å². The number of H-pyrrole nitrogens is 1. The van der Waals surface area contributed by atoms with E-state index in [4.69, 9.17) is 31.9 Å². The molecule has 0 atom stereocenters. The van der Waals surface area contributed by atoms with Crippen LogP contribution in [-0.4, -0.2) is 113 Å². The maximum atomic E-state index is 10.6. The number of hydrogen-bond donors (Lipinski definition) is 1. The van der Waals surface area contributed by atoms with Gasteiger partial charge in [0.05, 0.1) is 21.3 Å². The summed E-state index contributed by atoms with van der Waals surface area (Å²) in [5.41, 5.74) is 14.9. The minimum Gasteiger partial charge on any atom is -0.697 e. The van der Waals surface area contributed by atoms with Gasteiger partial charge in [-0.3, -0.25) is 4.79 Å². The van der Waals surface area contributed by atoms with E-state index in [2.05, 4.69) is 69.2 Å². The van der Waals surface area contributed by atoms with Crippen LogP contribution in [-0.2, 0) is 151 Å². The second kappa shape index (κ2) is 77.0. The van der Waals surface area contributed by atoms with Crippen molar-refractivity contribution in [1.29, 1.82) is 0 Å². The fourth-order valence-electron chi connectivity index (χ4n) is 0.595. The normalized spacial score (nSPS) is 5.60. The van der Waals surface area contributed by atoms with Crippen LogP contribution >= 0.6 is 0 Å². The van der Waals surface area contributed by atoms with Gasteiger partial charge in [-0.15, -0.1) is 12.6 Å². The van der Waals surface area contributed by atoms with Crippen molar-refractivity contribution in [1.82, 2.24) is 10.2 Å². The van der Waals surface area contributed by atoms with Crippen LogP contribution in [0.1, 0.15) is 10.5 Å². The number of ether oxygens (including phenoxy) is 6. The van der Waals surface area contributed by atoms with Crippen LogP contribution in [0.5, 0.6) is 0 Å². The van der Waals surface area contributed by atoms with E-state index in [0.717, 1.165) is 0 Å². The maximum Gasteiger partial charge on any atom is 0.413 e. The van der Waals surface area contributed by atoms with E-state index < -0.39 is 17.9 Å². The Morgan fingerprint density at radius 2 is 1.31 bits per heavy atom. The Labute approximate surface area is 318 Å². The Bertz CT molecular complexity index is 864. The van der Waals surface area contributed by atoms with Gasteiger partial charge >= 0.3 is 18.2 Å². The summed E-state index contributed by atoms with van der Waals surface area (Å²) in [4.78, 5) is 61.0. The first-order chi connectivity index (χ1) is 18.6. The van der Waals surface area contributed by atoms with Gasteiger partial charge in [0.2, 0.25) is 0 Å². The third-order valence-electron chi connectivity index (χ3n) is 1.77.